The zero-order valence-corrected chi connectivity index (χ0v) is 16.1. The second-order valence-electron chi connectivity index (χ2n) is 6.53. The molecule has 1 N–H and O–H groups in total. The second-order valence-corrected chi connectivity index (χ2v) is 6.53. The minimum absolute atomic E-state index is 0.0550. The van der Waals surface area contributed by atoms with Gasteiger partial charge in [0.25, 0.3) is 5.91 Å². The average molecular weight is 359 g/mol. The summed E-state index contributed by atoms with van der Waals surface area (Å²) in [6.45, 7) is 6.73. The fourth-order valence-electron chi connectivity index (χ4n) is 3.01. The summed E-state index contributed by atoms with van der Waals surface area (Å²) < 4.78 is 0. The van der Waals surface area contributed by atoms with E-state index >= 15 is 0 Å². The van der Waals surface area contributed by atoms with Crippen molar-refractivity contribution in [2.45, 2.75) is 27.2 Å². The number of amides is 1. The molecule has 0 unspecified atom stereocenters. The number of aryl methyl sites for hydroxylation is 2. The Hall–Kier alpha value is -3.14. The normalized spacial score (nSPS) is 10.5. The van der Waals surface area contributed by atoms with Crippen molar-refractivity contribution >= 4 is 23.0 Å². The molecule has 0 aliphatic carbocycles. The van der Waals surface area contributed by atoms with Crippen LogP contribution in [0.15, 0.2) is 67.0 Å². The molecule has 0 atom stereocenters. The van der Waals surface area contributed by atoms with Crippen molar-refractivity contribution in [3.63, 3.8) is 0 Å². The van der Waals surface area contributed by atoms with E-state index < -0.39 is 0 Å². The van der Waals surface area contributed by atoms with E-state index in [2.05, 4.69) is 29.4 Å². The van der Waals surface area contributed by atoms with Crippen LogP contribution in [-0.2, 0) is 6.42 Å². The molecule has 0 saturated carbocycles. The molecule has 0 spiro atoms. The van der Waals surface area contributed by atoms with Gasteiger partial charge in [0.05, 0.1) is 17.4 Å². The zero-order chi connectivity index (χ0) is 19.2. The molecule has 1 heterocycles. The molecule has 1 amide bonds. The minimum atomic E-state index is -0.0550. The number of aromatic nitrogens is 1. The third kappa shape index (κ3) is 4.53. The fourth-order valence-corrected chi connectivity index (χ4v) is 3.01. The van der Waals surface area contributed by atoms with E-state index in [4.69, 9.17) is 0 Å². The SMILES string of the molecule is CCc1ccc(Nc2cncc(C(=O)N(CC)c3cccc(C)c3)c2)cc1. The molecule has 27 heavy (non-hydrogen) atoms. The number of pyridine rings is 1. The van der Waals surface area contributed by atoms with Gasteiger partial charge in [0.1, 0.15) is 0 Å². The van der Waals surface area contributed by atoms with Gasteiger partial charge in [-0.2, -0.15) is 0 Å². The molecule has 1 aromatic heterocycles. The lowest BCUT2D eigenvalue weighted by Crippen LogP contribution is -2.30. The summed E-state index contributed by atoms with van der Waals surface area (Å²) in [5.74, 6) is -0.0550. The molecule has 138 valence electrons. The van der Waals surface area contributed by atoms with Crippen LogP contribution in [-0.4, -0.2) is 17.4 Å². The van der Waals surface area contributed by atoms with Crippen molar-refractivity contribution in [3.8, 4) is 0 Å². The summed E-state index contributed by atoms with van der Waals surface area (Å²) >= 11 is 0. The van der Waals surface area contributed by atoms with Gasteiger partial charge in [0.15, 0.2) is 0 Å². The number of nitrogens with one attached hydrogen (secondary N) is 1. The standard InChI is InChI=1S/C23H25N3O/c1-4-18-9-11-20(12-10-18)25-21-14-19(15-24-16-21)23(27)26(5-2)22-8-6-7-17(3)13-22/h6-16,25H,4-5H2,1-3H3. The van der Waals surface area contributed by atoms with Gasteiger partial charge in [-0.05, 0) is 61.7 Å². The average Bonchev–Trinajstić information content (AvgIpc) is 2.69. The number of rotatable bonds is 6. The zero-order valence-electron chi connectivity index (χ0n) is 16.1. The van der Waals surface area contributed by atoms with Crippen LogP contribution in [0.5, 0.6) is 0 Å². The van der Waals surface area contributed by atoms with Crippen LogP contribution < -0.4 is 10.2 Å². The van der Waals surface area contributed by atoms with Crippen LogP contribution in [0.3, 0.4) is 0 Å². The third-order valence-corrected chi connectivity index (χ3v) is 4.51. The Morgan fingerprint density at radius 1 is 1.00 bits per heavy atom. The monoisotopic (exact) mass is 359 g/mol. The summed E-state index contributed by atoms with van der Waals surface area (Å²) in [6, 6.07) is 18.1. The van der Waals surface area contributed by atoms with Crippen molar-refractivity contribution in [1.82, 2.24) is 4.98 Å². The van der Waals surface area contributed by atoms with Crippen LogP contribution in [0.25, 0.3) is 0 Å². The number of anilines is 3. The van der Waals surface area contributed by atoms with Crippen LogP contribution in [0.2, 0.25) is 0 Å². The largest absolute Gasteiger partial charge is 0.354 e. The van der Waals surface area contributed by atoms with Crippen molar-refractivity contribution in [1.29, 1.82) is 0 Å². The van der Waals surface area contributed by atoms with E-state index in [1.165, 1.54) is 5.56 Å². The lowest BCUT2D eigenvalue weighted by atomic mass is 10.1. The number of nitrogens with zero attached hydrogens (tertiary/aromatic N) is 2. The van der Waals surface area contributed by atoms with Gasteiger partial charge in [-0.15, -0.1) is 0 Å². The Labute approximate surface area is 160 Å². The smallest absolute Gasteiger partial charge is 0.259 e. The Kier molecular flexibility index (Phi) is 5.87. The number of hydrogen-bond acceptors (Lipinski definition) is 3. The maximum Gasteiger partial charge on any atom is 0.259 e. The first-order valence-corrected chi connectivity index (χ1v) is 9.30. The molecule has 3 rings (SSSR count). The molecule has 0 aliphatic rings. The summed E-state index contributed by atoms with van der Waals surface area (Å²) in [7, 11) is 0. The highest BCUT2D eigenvalue weighted by Gasteiger charge is 2.17. The summed E-state index contributed by atoms with van der Waals surface area (Å²) in [4.78, 5) is 19.1. The van der Waals surface area contributed by atoms with Crippen LogP contribution in [0, 0.1) is 6.92 Å². The molecule has 0 saturated heterocycles. The highest BCUT2D eigenvalue weighted by molar-refractivity contribution is 6.06. The molecule has 4 nitrogen and oxygen atoms in total. The summed E-state index contributed by atoms with van der Waals surface area (Å²) in [5.41, 5.74) is 5.65. The summed E-state index contributed by atoms with van der Waals surface area (Å²) in [6.07, 6.45) is 4.36. The molecule has 3 aromatic rings. The molecule has 0 radical (unpaired) electrons. The Balaban J connectivity index is 1.81. The maximum absolute atomic E-state index is 13.0. The maximum atomic E-state index is 13.0. The first kappa shape index (κ1) is 18.6. The van der Waals surface area contributed by atoms with Gasteiger partial charge in [0.2, 0.25) is 0 Å². The quantitative estimate of drug-likeness (QED) is 0.644. The van der Waals surface area contributed by atoms with Gasteiger partial charge < -0.3 is 10.2 Å². The van der Waals surface area contributed by atoms with Crippen molar-refractivity contribution < 1.29 is 4.79 Å². The Morgan fingerprint density at radius 2 is 1.78 bits per heavy atom. The first-order chi connectivity index (χ1) is 13.1. The van der Waals surface area contributed by atoms with E-state index in [-0.39, 0.29) is 5.91 Å². The topological polar surface area (TPSA) is 45.2 Å². The van der Waals surface area contributed by atoms with Gasteiger partial charge in [-0.25, -0.2) is 0 Å². The number of carbonyl (C=O) groups excluding carboxylic acids is 1. The molecule has 0 bridgehead atoms. The lowest BCUT2D eigenvalue weighted by molar-refractivity contribution is 0.0988. The predicted octanol–water partition coefficient (Wildman–Crippen LogP) is 5.36. The van der Waals surface area contributed by atoms with E-state index in [0.717, 1.165) is 29.0 Å². The van der Waals surface area contributed by atoms with Gasteiger partial charge in [0, 0.05) is 24.1 Å². The summed E-state index contributed by atoms with van der Waals surface area (Å²) in [5, 5.41) is 3.32. The minimum Gasteiger partial charge on any atom is -0.354 e. The number of hydrogen-bond donors (Lipinski definition) is 1. The first-order valence-electron chi connectivity index (χ1n) is 9.30. The van der Waals surface area contributed by atoms with E-state index in [0.29, 0.717) is 12.1 Å². The van der Waals surface area contributed by atoms with Gasteiger partial charge in [-0.1, -0.05) is 31.2 Å². The molecular formula is C23H25N3O. The molecular weight excluding hydrogens is 334 g/mol. The fraction of sp³-hybridized carbons (Fsp3) is 0.217. The highest BCUT2D eigenvalue weighted by Crippen LogP contribution is 2.21. The molecule has 4 heteroatoms. The predicted molar refractivity (Wildman–Crippen MR) is 112 cm³/mol. The lowest BCUT2D eigenvalue weighted by Gasteiger charge is -2.21. The number of benzene rings is 2. The van der Waals surface area contributed by atoms with Gasteiger partial charge >= 0.3 is 0 Å². The van der Waals surface area contributed by atoms with Gasteiger partial charge in [-0.3, -0.25) is 9.78 Å². The highest BCUT2D eigenvalue weighted by atomic mass is 16.2. The van der Waals surface area contributed by atoms with E-state index in [1.807, 2.05) is 56.3 Å². The van der Waals surface area contributed by atoms with E-state index in [1.54, 1.807) is 17.3 Å². The van der Waals surface area contributed by atoms with Crippen LogP contribution in [0.1, 0.15) is 35.3 Å². The second kappa shape index (κ2) is 8.49. The van der Waals surface area contributed by atoms with Crippen LogP contribution in [0.4, 0.5) is 17.1 Å². The molecule has 0 fully saturated rings. The Morgan fingerprint density at radius 3 is 2.44 bits per heavy atom. The van der Waals surface area contributed by atoms with E-state index in [9.17, 15) is 4.79 Å². The number of carbonyl (C=O) groups is 1. The van der Waals surface area contributed by atoms with Crippen molar-refractivity contribution in [3.05, 3.63) is 83.7 Å². The van der Waals surface area contributed by atoms with Crippen LogP contribution >= 0.6 is 0 Å². The third-order valence-electron chi connectivity index (χ3n) is 4.51. The molecule has 0 aliphatic heterocycles. The molecule has 2 aromatic carbocycles. The Bertz CT molecular complexity index is 919. The van der Waals surface area contributed by atoms with Crippen molar-refractivity contribution in [2.24, 2.45) is 0 Å². The van der Waals surface area contributed by atoms with Crippen molar-refractivity contribution in [2.75, 3.05) is 16.8 Å².